The van der Waals surface area contributed by atoms with Crippen LogP contribution in [0.3, 0.4) is 0 Å². The van der Waals surface area contributed by atoms with Crippen LogP contribution in [0.5, 0.6) is 0 Å². The molecule has 1 aliphatic heterocycles. The van der Waals surface area contributed by atoms with Crippen LogP contribution in [0.4, 0.5) is 11.4 Å². The minimum atomic E-state index is 0.382. The molecule has 1 aliphatic rings. The predicted octanol–water partition coefficient (Wildman–Crippen LogP) is 6.16. The lowest BCUT2D eigenvalue weighted by molar-refractivity contribution is 0.319. The molecule has 29 heavy (non-hydrogen) atoms. The van der Waals surface area contributed by atoms with Crippen LogP contribution in [0, 0.1) is 6.92 Å². The standard InChI is InChI=1S/C25H35N3S/c1-5-14-27-15-8-10-22-17-21(12-13-24(22)27)18-28(20(4)6-2)25(29)26-23-11-7-9-19(3)16-23/h7,9,11-13,16-17,20H,5-6,8,10,14-15,18H2,1-4H3,(H,26,29). The molecule has 2 aromatic rings. The summed E-state index contributed by atoms with van der Waals surface area (Å²) in [5.74, 6) is 0. The van der Waals surface area contributed by atoms with Crippen molar-refractivity contribution in [1.29, 1.82) is 0 Å². The van der Waals surface area contributed by atoms with Crippen molar-refractivity contribution in [2.45, 2.75) is 66.0 Å². The van der Waals surface area contributed by atoms with Crippen LogP contribution in [0.25, 0.3) is 0 Å². The summed E-state index contributed by atoms with van der Waals surface area (Å²) >= 11 is 5.82. The molecule has 0 saturated carbocycles. The maximum atomic E-state index is 5.82. The minimum Gasteiger partial charge on any atom is -0.371 e. The number of nitrogens with zero attached hydrogens (tertiary/aromatic N) is 2. The second-order valence-electron chi connectivity index (χ2n) is 8.24. The number of rotatable bonds is 7. The smallest absolute Gasteiger partial charge is 0.173 e. The molecule has 0 amide bonds. The van der Waals surface area contributed by atoms with E-state index in [1.165, 1.54) is 48.2 Å². The first-order valence-electron chi connectivity index (χ1n) is 11.0. The van der Waals surface area contributed by atoms with Crippen LogP contribution in [0.1, 0.15) is 56.7 Å². The molecular weight excluding hydrogens is 374 g/mol. The lowest BCUT2D eigenvalue weighted by atomic mass is 9.98. The van der Waals surface area contributed by atoms with E-state index in [1.54, 1.807) is 0 Å². The third-order valence-electron chi connectivity index (χ3n) is 5.86. The molecular formula is C25H35N3S. The molecule has 3 rings (SSSR count). The largest absolute Gasteiger partial charge is 0.371 e. The van der Waals surface area contributed by atoms with Gasteiger partial charge >= 0.3 is 0 Å². The highest BCUT2D eigenvalue weighted by Crippen LogP contribution is 2.29. The maximum Gasteiger partial charge on any atom is 0.173 e. The highest BCUT2D eigenvalue weighted by Gasteiger charge is 2.20. The van der Waals surface area contributed by atoms with Crippen LogP contribution >= 0.6 is 12.2 Å². The number of aryl methyl sites for hydroxylation is 2. The van der Waals surface area contributed by atoms with E-state index < -0.39 is 0 Å². The van der Waals surface area contributed by atoms with E-state index in [0.717, 1.165) is 30.3 Å². The van der Waals surface area contributed by atoms with E-state index >= 15 is 0 Å². The highest BCUT2D eigenvalue weighted by molar-refractivity contribution is 7.80. The van der Waals surface area contributed by atoms with Crippen molar-refractivity contribution in [2.75, 3.05) is 23.3 Å². The van der Waals surface area contributed by atoms with Crippen LogP contribution in [-0.2, 0) is 13.0 Å². The molecule has 156 valence electrons. The summed E-state index contributed by atoms with van der Waals surface area (Å²) < 4.78 is 0. The van der Waals surface area contributed by atoms with E-state index in [-0.39, 0.29) is 0 Å². The predicted molar refractivity (Wildman–Crippen MR) is 130 cm³/mol. The fourth-order valence-electron chi connectivity index (χ4n) is 4.09. The Morgan fingerprint density at radius 1 is 1.21 bits per heavy atom. The minimum absolute atomic E-state index is 0.382. The number of hydrogen-bond donors (Lipinski definition) is 1. The summed E-state index contributed by atoms with van der Waals surface area (Å²) in [4.78, 5) is 4.87. The van der Waals surface area contributed by atoms with E-state index in [2.05, 4.69) is 85.3 Å². The topological polar surface area (TPSA) is 18.5 Å². The van der Waals surface area contributed by atoms with Crippen LogP contribution in [-0.4, -0.2) is 29.1 Å². The quantitative estimate of drug-likeness (QED) is 0.552. The van der Waals surface area contributed by atoms with Gasteiger partial charge in [0.15, 0.2) is 5.11 Å². The van der Waals surface area contributed by atoms with Gasteiger partial charge in [-0.3, -0.25) is 0 Å². The van der Waals surface area contributed by atoms with Gasteiger partial charge in [-0.25, -0.2) is 0 Å². The van der Waals surface area contributed by atoms with Crippen molar-refractivity contribution in [3.05, 3.63) is 59.2 Å². The van der Waals surface area contributed by atoms with Gasteiger partial charge in [-0.05, 0) is 86.6 Å². The number of nitrogens with one attached hydrogen (secondary N) is 1. The summed E-state index contributed by atoms with van der Waals surface area (Å²) in [5, 5.41) is 4.25. The molecule has 4 heteroatoms. The van der Waals surface area contributed by atoms with Gasteiger partial charge in [0.1, 0.15) is 0 Å². The molecule has 0 aliphatic carbocycles. The number of anilines is 2. The van der Waals surface area contributed by atoms with Crippen molar-refractivity contribution in [1.82, 2.24) is 4.90 Å². The summed E-state index contributed by atoms with van der Waals surface area (Å²) in [5.41, 5.74) is 6.56. The van der Waals surface area contributed by atoms with Crippen LogP contribution in [0.15, 0.2) is 42.5 Å². The molecule has 0 saturated heterocycles. The molecule has 1 heterocycles. The monoisotopic (exact) mass is 409 g/mol. The maximum absolute atomic E-state index is 5.82. The van der Waals surface area contributed by atoms with Crippen molar-refractivity contribution >= 4 is 28.7 Å². The van der Waals surface area contributed by atoms with E-state index in [4.69, 9.17) is 12.2 Å². The molecule has 1 unspecified atom stereocenters. The second-order valence-corrected chi connectivity index (χ2v) is 8.63. The van der Waals surface area contributed by atoms with Gasteiger partial charge in [-0.2, -0.15) is 0 Å². The molecule has 3 nitrogen and oxygen atoms in total. The fourth-order valence-corrected chi connectivity index (χ4v) is 4.45. The molecule has 0 aromatic heterocycles. The van der Waals surface area contributed by atoms with Gasteiger partial charge in [0, 0.05) is 37.1 Å². The van der Waals surface area contributed by atoms with E-state index in [1.807, 2.05) is 0 Å². The number of benzene rings is 2. The molecule has 0 fully saturated rings. The van der Waals surface area contributed by atoms with Gasteiger partial charge in [0.25, 0.3) is 0 Å². The van der Waals surface area contributed by atoms with Gasteiger partial charge in [-0.15, -0.1) is 0 Å². The second kappa shape index (κ2) is 10.1. The molecule has 0 bridgehead atoms. The highest BCUT2D eigenvalue weighted by atomic mass is 32.1. The van der Waals surface area contributed by atoms with Crippen molar-refractivity contribution in [3.63, 3.8) is 0 Å². The Morgan fingerprint density at radius 3 is 2.76 bits per heavy atom. The van der Waals surface area contributed by atoms with E-state index in [0.29, 0.717) is 6.04 Å². The Balaban J connectivity index is 1.77. The first-order chi connectivity index (χ1) is 14.0. The lowest BCUT2D eigenvalue weighted by Crippen LogP contribution is -2.40. The van der Waals surface area contributed by atoms with Gasteiger partial charge in [0.05, 0.1) is 0 Å². The molecule has 0 spiro atoms. The third-order valence-corrected chi connectivity index (χ3v) is 6.19. The summed E-state index contributed by atoms with van der Waals surface area (Å²) in [6.07, 6.45) is 4.68. The van der Waals surface area contributed by atoms with Crippen molar-refractivity contribution in [3.8, 4) is 0 Å². The molecule has 1 atom stereocenters. The van der Waals surface area contributed by atoms with Gasteiger partial charge in [0.2, 0.25) is 0 Å². The summed E-state index contributed by atoms with van der Waals surface area (Å²) in [6.45, 7) is 12.0. The van der Waals surface area contributed by atoms with Crippen molar-refractivity contribution < 1.29 is 0 Å². The third kappa shape index (κ3) is 5.51. The van der Waals surface area contributed by atoms with Gasteiger partial charge in [-0.1, -0.05) is 38.1 Å². The molecule has 1 N–H and O–H groups in total. The average molecular weight is 410 g/mol. The Morgan fingerprint density at radius 2 is 2.03 bits per heavy atom. The normalized spacial score (nSPS) is 14.3. The zero-order chi connectivity index (χ0) is 20.8. The first-order valence-corrected chi connectivity index (χ1v) is 11.4. The molecule has 2 aromatic carbocycles. The summed E-state index contributed by atoms with van der Waals surface area (Å²) in [7, 11) is 0. The SMILES string of the molecule is CCCN1CCCc2cc(CN(C(=S)Nc3cccc(C)c3)C(C)CC)ccc21. The van der Waals surface area contributed by atoms with Crippen molar-refractivity contribution in [2.24, 2.45) is 0 Å². The Kier molecular flexibility index (Phi) is 7.54. The average Bonchev–Trinajstić information content (AvgIpc) is 2.71. The number of hydrogen-bond acceptors (Lipinski definition) is 2. The lowest BCUT2D eigenvalue weighted by Gasteiger charge is -2.33. The van der Waals surface area contributed by atoms with Crippen LogP contribution in [0.2, 0.25) is 0 Å². The molecule has 0 radical (unpaired) electrons. The van der Waals surface area contributed by atoms with Gasteiger partial charge < -0.3 is 15.1 Å². The number of thiocarbonyl (C=S) groups is 1. The Bertz CT molecular complexity index is 833. The zero-order valence-corrected chi connectivity index (χ0v) is 19.2. The number of fused-ring (bicyclic) bond motifs is 1. The summed E-state index contributed by atoms with van der Waals surface area (Å²) in [6, 6.07) is 15.8. The van der Waals surface area contributed by atoms with Crippen LogP contribution < -0.4 is 10.2 Å². The Labute approximate surface area is 182 Å². The Hall–Kier alpha value is -2.07. The fraction of sp³-hybridized carbons (Fsp3) is 0.480. The first kappa shape index (κ1) is 21.6. The van der Waals surface area contributed by atoms with E-state index in [9.17, 15) is 0 Å². The zero-order valence-electron chi connectivity index (χ0n) is 18.4.